The Kier molecular flexibility index (Phi) is 3.70. The minimum atomic E-state index is -0.237. The number of thiazole rings is 1. The Hall–Kier alpha value is -2.21. The predicted molar refractivity (Wildman–Crippen MR) is 82.8 cm³/mol. The average Bonchev–Trinajstić information content (AvgIpc) is 3.07. The maximum absolute atomic E-state index is 12.9. The Bertz CT molecular complexity index is 745. The normalized spacial score (nSPS) is 10.8. The Labute approximate surface area is 126 Å². The third-order valence-corrected chi connectivity index (χ3v) is 4.21. The van der Waals surface area contributed by atoms with Gasteiger partial charge in [-0.25, -0.2) is 9.37 Å². The first kappa shape index (κ1) is 13.8. The summed E-state index contributed by atoms with van der Waals surface area (Å²) >= 11 is 1.54. The highest BCUT2D eigenvalue weighted by Gasteiger charge is 2.07. The van der Waals surface area contributed by atoms with Gasteiger partial charge in [-0.3, -0.25) is 4.68 Å². The van der Waals surface area contributed by atoms with Crippen molar-refractivity contribution in [1.82, 2.24) is 14.8 Å². The molecular weight excluding hydrogens is 287 g/mol. The van der Waals surface area contributed by atoms with Crippen LogP contribution in [-0.4, -0.2) is 14.8 Å². The number of hydrogen-bond acceptors (Lipinski definition) is 4. The molecule has 0 amide bonds. The smallest absolute Gasteiger partial charge is 0.183 e. The number of nitrogens with one attached hydrogen (secondary N) is 1. The molecule has 3 aromatic rings. The molecule has 0 bridgehead atoms. The molecule has 4 nitrogen and oxygen atoms in total. The van der Waals surface area contributed by atoms with Gasteiger partial charge in [-0.05, 0) is 31.2 Å². The first-order valence-electron chi connectivity index (χ1n) is 6.56. The number of aromatic nitrogens is 3. The molecule has 2 heterocycles. The van der Waals surface area contributed by atoms with Crippen molar-refractivity contribution in [3.05, 3.63) is 52.9 Å². The van der Waals surface area contributed by atoms with Gasteiger partial charge < -0.3 is 5.32 Å². The van der Waals surface area contributed by atoms with E-state index in [1.165, 1.54) is 23.5 Å². The summed E-state index contributed by atoms with van der Waals surface area (Å²) in [5, 5.41) is 10.3. The van der Waals surface area contributed by atoms with Gasteiger partial charge >= 0.3 is 0 Å². The van der Waals surface area contributed by atoms with Gasteiger partial charge in [-0.2, -0.15) is 5.10 Å². The van der Waals surface area contributed by atoms with E-state index < -0.39 is 0 Å². The molecule has 0 aliphatic rings. The van der Waals surface area contributed by atoms with Crippen molar-refractivity contribution in [2.45, 2.75) is 13.5 Å². The SMILES string of the molecule is Cc1c(CNc2nc(-c3ccc(F)cc3)cs2)cnn1C. The monoisotopic (exact) mass is 302 g/mol. The van der Waals surface area contributed by atoms with E-state index in [9.17, 15) is 4.39 Å². The molecule has 6 heteroatoms. The first-order chi connectivity index (χ1) is 10.1. The van der Waals surface area contributed by atoms with Gasteiger partial charge in [0, 0.05) is 35.8 Å². The Morgan fingerprint density at radius 3 is 2.71 bits per heavy atom. The standard InChI is InChI=1S/C15H15FN4S/c1-10-12(8-18-20(10)2)7-17-15-19-14(9-21-15)11-3-5-13(16)6-4-11/h3-6,8-9H,7H2,1-2H3,(H,17,19). The van der Waals surface area contributed by atoms with Crippen molar-refractivity contribution >= 4 is 16.5 Å². The maximum Gasteiger partial charge on any atom is 0.183 e. The fraction of sp³-hybridized carbons (Fsp3) is 0.200. The van der Waals surface area contributed by atoms with Crippen LogP contribution in [0.25, 0.3) is 11.3 Å². The van der Waals surface area contributed by atoms with Gasteiger partial charge in [0.15, 0.2) is 5.13 Å². The number of hydrogen-bond donors (Lipinski definition) is 1. The summed E-state index contributed by atoms with van der Waals surface area (Å²) < 4.78 is 14.8. The van der Waals surface area contributed by atoms with Crippen LogP contribution in [0.4, 0.5) is 9.52 Å². The molecule has 108 valence electrons. The van der Waals surface area contributed by atoms with Crippen molar-refractivity contribution < 1.29 is 4.39 Å². The highest BCUT2D eigenvalue weighted by molar-refractivity contribution is 7.14. The molecular formula is C15H15FN4S. The second-order valence-electron chi connectivity index (χ2n) is 4.78. The molecule has 0 saturated carbocycles. The molecule has 0 saturated heterocycles. The molecule has 21 heavy (non-hydrogen) atoms. The lowest BCUT2D eigenvalue weighted by atomic mass is 10.2. The third kappa shape index (κ3) is 2.95. The summed E-state index contributed by atoms with van der Waals surface area (Å²) in [7, 11) is 1.93. The molecule has 0 radical (unpaired) electrons. The van der Waals surface area contributed by atoms with Crippen molar-refractivity contribution in [3.8, 4) is 11.3 Å². The number of halogens is 1. The molecule has 1 N–H and O–H groups in total. The zero-order valence-corrected chi connectivity index (χ0v) is 12.6. The zero-order valence-electron chi connectivity index (χ0n) is 11.8. The predicted octanol–water partition coefficient (Wildman–Crippen LogP) is 3.60. The second-order valence-corrected chi connectivity index (χ2v) is 5.64. The third-order valence-electron chi connectivity index (χ3n) is 3.41. The summed E-state index contributed by atoms with van der Waals surface area (Å²) in [5.74, 6) is -0.237. The molecule has 0 fully saturated rings. The Balaban J connectivity index is 1.70. The van der Waals surface area contributed by atoms with E-state index in [1.807, 2.05) is 30.2 Å². The van der Waals surface area contributed by atoms with Crippen molar-refractivity contribution in [1.29, 1.82) is 0 Å². The molecule has 2 aromatic heterocycles. The van der Waals surface area contributed by atoms with Crippen LogP contribution in [0.2, 0.25) is 0 Å². The molecule has 1 aromatic carbocycles. The Morgan fingerprint density at radius 1 is 1.29 bits per heavy atom. The van der Waals surface area contributed by atoms with Crippen molar-refractivity contribution in [3.63, 3.8) is 0 Å². The summed E-state index contributed by atoms with van der Waals surface area (Å²) in [4.78, 5) is 4.52. The van der Waals surface area contributed by atoms with Gasteiger partial charge in [-0.15, -0.1) is 11.3 Å². The molecule has 0 spiro atoms. The van der Waals surface area contributed by atoms with Gasteiger partial charge in [0.05, 0.1) is 11.9 Å². The van der Waals surface area contributed by atoms with Crippen LogP contribution in [0.5, 0.6) is 0 Å². The second kappa shape index (κ2) is 5.65. The van der Waals surface area contributed by atoms with Crippen LogP contribution in [0.3, 0.4) is 0 Å². The lowest BCUT2D eigenvalue weighted by Gasteiger charge is -2.02. The lowest BCUT2D eigenvalue weighted by Crippen LogP contribution is -2.01. The number of nitrogens with zero attached hydrogens (tertiary/aromatic N) is 3. The van der Waals surface area contributed by atoms with Crippen molar-refractivity contribution in [2.75, 3.05) is 5.32 Å². The number of benzene rings is 1. The summed E-state index contributed by atoms with van der Waals surface area (Å²) in [6.07, 6.45) is 1.86. The largest absolute Gasteiger partial charge is 0.357 e. The van der Waals surface area contributed by atoms with E-state index in [2.05, 4.69) is 15.4 Å². The number of aryl methyl sites for hydroxylation is 1. The maximum atomic E-state index is 12.9. The minimum Gasteiger partial charge on any atom is -0.357 e. The number of rotatable bonds is 4. The lowest BCUT2D eigenvalue weighted by molar-refractivity contribution is 0.628. The van der Waals surface area contributed by atoms with E-state index in [1.54, 1.807) is 12.1 Å². The highest BCUT2D eigenvalue weighted by Crippen LogP contribution is 2.25. The van der Waals surface area contributed by atoms with Crippen LogP contribution in [0.1, 0.15) is 11.3 Å². The quantitative estimate of drug-likeness (QED) is 0.800. The van der Waals surface area contributed by atoms with Crippen LogP contribution in [0.15, 0.2) is 35.8 Å². The average molecular weight is 302 g/mol. The van der Waals surface area contributed by atoms with Crippen LogP contribution in [-0.2, 0) is 13.6 Å². The van der Waals surface area contributed by atoms with Gasteiger partial charge in [0.2, 0.25) is 0 Å². The fourth-order valence-electron chi connectivity index (χ4n) is 2.00. The van der Waals surface area contributed by atoms with Gasteiger partial charge in [0.1, 0.15) is 5.82 Å². The Morgan fingerprint density at radius 2 is 2.05 bits per heavy atom. The minimum absolute atomic E-state index is 0.237. The van der Waals surface area contributed by atoms with E-state index >= 15 is 0 Å². The van der Waals surface area contributed by atoms with Crippen LogP contribution >= 0.6 is 11.3 Å². The number of anilines is 1. The molecule has 0 atom stereocenters. The first-order valence-corrected chi connectivity index (χ1v) is 7.44. The molecule has 3 rings (SSSR count). The van der Waals surface area contributed by atoms with E-state index in [0.29, 0.717) is 6.54 Å². The molecule has 0 unspecified atom stereocenters. The molecule has 0 aliphatic carbocycles. The van der Waals surface area contributed by atoms with Gasteiger partial charge in [-0.1, -0.05) is 0 Å². The zero-order chi connectivity index (χ0) is 14.8. The van der Waals surface area contributed by atoms with E-state index in [-0.39, 0.29) is 5.82 Å². The highest BCUT2D eigenvalue weighted by atomic mass is 32.1. The van der Waals surface area contributed by atoms with Gasteiger partial charge in [0.25, 0.3) is 0 Å². The van der Waals surface area contributed by atoms with Crippen molar-refractivity contribution in [2.24, 2.45) is 7.05 Å². The summed E-state index contributed by atoms with van der Waals surface area (Å²) in [6.45, 7) is 2.73. The van der Waals surface area contributed by atoms with Crippen LogP contribution < -0.4 is 5.32 Å². The van der Waals surface area contributed by atoms with E-state index in [0.717, 1.165) is 27.6 Å². The topological polar surface area (TPSA) is 42.7 Å². The summed E-state index contributed by atoms with van der Waals surface area (Å²) in [6, 6.07) is 6.36. The van der Waals surface area contributed by atoms with E-state index in [4.69, 9.17) is 0 Å². The molecule has 0 aliphatic heterocycles. The fourth-order valence-corrected chi connectivity index (χ4v) is 2.72. The van der Waals surface area contributed by atoms with Crippen LogP contribution in [0, 0.1) is 12.7 Å². The summed E-state index contributed by atoms with van der Waals surface area (Å²) in [5.41, 5.74) is 4.05.